The fourth-order valence-corrected chi connectivity index (χ4v) is 4.41. The van der Waals surface area contributed by atoms with Crippen molar-refractivity contribution in [3.8, 4) is 23.8 Å². The molecule has 3 rings (SSSR count). The molecular weight excluding hydrogens is 532 g/mol. The molecule has 9 heteroatoms. The lowest BCUT2D eigenvalue weighted by Gasteiger charge is -2.19. The minimum absolute atomic E-state index is 0.0740. The molecule has 1 fully saturated rings. The molecule has 0 unspecified atom stereocenters. The Morgan fingerprint density at radius 1 is 1.20 bits per heavy atom. The number of carbonyl (C=O) groups is 2. The predicted octanol–water partition coefficient (Wildman–Crippen LogP) is 4.57. The van der Waals surface area contributed by atoms with E-state index in [1.807, 2.05) is 31.2 Å². The first-order valence-corrected chi connectivity index (χ1v) is 12.1. The number of carbonyl (C=O) groups excluding carboxylic acids is 2. The number of anilines is 1. The number of ether oxygens (including phenoxy) is 3. The van der Waals surface area contributed by atoms with Crippen LogP contribution in [0.15, 0.2) is 46.6 Å². The van der Waals surface area contributed by atoms with Crippen LogP contribution in [0.5, 0.6) is 11.5 Å². The van der Waals surface area contributed by atoms with Gasteiger partial charge in [-0.3, -0.25) is 14.5 Å². The fraction of sp³-hybridized carbons (Fsp3) is 0.269. The van der Waals surface area contributed by atoms with E-state index in [9.17, 15) is 9.59 Å². The number of thiocarbonyl (C=S) groups is 1. The molecule has 1 aliphatic rings. The number of aryl methyl sites for hydroxylation is 1. The summed E-state index contributed by atoms with van der Waals surface area (Å²) in [6.07, 6.45) is 7.84. The van der Waals surface area contributed by atoms with Crippen LogP contribution in [-0.4, -0.2) is 48.8 Å². The molecular formula is C26H25BrN2O5S. The number of amides is 1. The first-order valence-electron chi connectivity index (χ1n) is 10.9. The highest BCUT2D eigenvalue weighted by molar-refractivity contribution is 9.10. The highest BCUT2D eigenvalue weighted by Crippen LogP contribution is 2.38. The van der Waals surface area contributed by atoms with Gasteiger partial charge in [0.15, 0.2) is 16.6 Å². The highest BCUT2D eigenvalue weighted by atomic mass is 79.9. The van der Waals surface area contributed by atoms with Gasteiger partial charge in [0.1, 0.15) is 18.8 Å². The van der Waals surface area contributed by atoms with Gasteiger partial charge >= 0.3 is 5.97 Å². The third-order valence-electron chi connectivity index (χ3n) is 5.19. The Kier molecular flexibility index (Phi) is 8.90. The topological polar surface area (TPSA) is 68.3 Å². The molecule has 1 aliphatic heterocycles. The van der Waals surface area contributed by atoms with E-state index >= 15 is 0 Å². The second-order valence-electron chi connectivity index (χ2n) is 7.39. The van der Waals surface area contributed by atoms with Crippen molar-refractivity contribution < 1.29 is 23.8 Å². The molecule has 1 heterocycles. The number of nitrogens with zero attached hydrogens (tertiary/aromatic N) is 2. The molecule has 0 radical (unpaired) electrons. The van der Waals surface area contributed by atoms with Gasteiger partial charge in [0.2, 0.25) is 0 Å². The average Bonchev–Trinajstić information content (AvgIpc) is 3.07. The van der Waals surface area contributed by atoms with Crippen LogP contribution in [0.25, 0.3) is 6.08 Å². The number of terminal acetylenes is 1. The molecule has 0 saturated carbocycles. The van der Waals surface area contributed by atoms with Crippen LogP contribution in [0.1, 0.15) is 25.0 Å². The molecule has 2 aromatic carbocycles. The molecule has 0 bridgehead atoms. The molecule has 7 nitrogen and oxygen atoms in total. The summed E-state index contributed by atoms with van der Waals surface area (Å²) in [5, 5.41) is 0.189. The van der Waals surface area contributed by atoms with Crippen molar-refractivity contribution in [2.24, 2.45) is 0 Å². The van der Waals surface area contributed by atoms with Gasteiger partial charge in [-0.1, -0.05) is 25.0 Å². The molecule has 0 aliphatic carbocycles. The van der Waals surface area contributed by atoms with Crippen LogP contribution < -0.4 is 14.4 Å². The number of rotatable bonds is 9. The Morgan fingerprint density at radius 3 is 2.51 bits per heavy atom. The zero-order valence-corrected chi connectivity index (χ0v) is 22.1. The van der Waals surface area contributed by atoms with Crippen LogP contribution in [0, 0.1) is 12.3 Å². The van der Waals surface area contributed by atoms with E-state index in [0.29, 0.717) is 33.8 Å². The van der Waals surface area contributed by atoms with Crippen LogP contribution in [0.4, 0.5) is 5.69 Å². The summed E-state index contributed by atoms with van der Waals surface area (Å²) >= 11 is 9.10. The normalized spacial score (nSPS) is 14.3. The van der Waals surface area contributed by atoms with Crippen molar-refractivity contribution in [1.82, 2.24) is 4.90 Å². The maximum atomic E-state index is 13.5. The summed E-state index contributed by atoms with van der Waals surface area (Å²) < 4.78 is 16.8. The number of hydrogen-bond acceptors (Lipinski definition) is 6. The van der Waals surface area contributed by atoms with E-state index in [2.05, 4.69) is 28.8 Å². The van der Waals surface area contributed by atoms with E-state index in [1.54, 1.807) is 18.2 Å². The van der Waals surface area contributed by atoms with Crippen molar-refractivity contribution in [3.05, 3.63) is 57.7 Å². The van der Waals surface area contributed by atoms with E-state index in [0.717, 1.165) is 12.0 Å². The monoisotopic (exact) mass is 556 g/mol. The quantitative estimate of drug-likeness (QED) is 0.194. The van der Waals surface area contributed by atoms with Crippen molar-refractivity contribution in [2.45, 2.75) is 20.3 Å². The smallest absolute Gasteiger partial charge is 0.325 e. The summed E-state index contributed by atoms with van der Waals surface area (Å²) in [5.41, 5.74) is 2.61. The number of methoxy groups -OCH3 is 1. The molecule has 0 N–H and O–H groups in total. The van der Waals surface area contributed by atoms with Crippen LogP contribution in [0.2, 0.25) is 0 Å². The van der Waals surface area contributed by atoms with Crippen molar-refractivity contribution in [3.63, 3.8) is 0 Å². The number of esters is 1. The number of hydrogen-bond donors (Lipinski definition) is 0. The molecule has 0 atom stereocenters. The van der Waals surface area contributed by atoms with Gasteiger partial charge < -0.3 is 19.1 Å². The third-order valence-corrected chi connectivity index (χ3v) is 6.18. The fourth-order valence-electron chi connectivity index (χ4n) is 3.48. The Morgan fingerprint density at radius 2 is 1.91 bits per heavy atom. The van der Waals surface area contributed by atoms with Gasteiger partial charge in [0.05, 0.1) is 23.9 Å². The molecule has 1 saturated heterocycles. The minimum Gasteiger partial charge on any atom is -0.490 e. The highest BCUT2D eigenvalue weighted by Gasteiger charge is 2.40. The van der Waals surface area contributed by atoms with Crippen molar-refractivity contribution >= 4 is 56.9 Å². The average molecular weight is 557 g/mol. The van der Waals surface area contributed by atoms with Gasteiger partial charge in [0, 0.05) is 0 Å². The van der Waals surface area contributed by atoms with Gasteiger partial charge in [0.25, 0.3) is 5.91 Å². The van der Waals surface area contributed by atoms with E-state index < -0.39 is 5.97 Å². The summed E-state index contributed by atoms with van der Waals surface area (Å²) in [5.74, 6) is 2.47. The molecule has 0 spiro atoms. The second kappa shape index (κ2) is 11.9. The summed E-state index contributed by atoms with van der Waals surface area (Å²) in [7, 11) is 1.29. The molecule has 0 aromatic heterocycles. The third kappa shape index (κ3) is 5.84. The lowest BCUT2D eigenvalue weighted by molar-refractivity contribution is -0.140. The van der Waals surface area contributed by atoms with Gasteiger partial charge in [-0.25, -0.2) is 0 Å². The number of halogens is 1. The lowest BCUT2D eigenvalue weighted by atomic mass is 10.1. The second-order valence-corrected chi connectivity index (χ2v) is 8.61. The Balaban J connectivity index is 2.07. The zero-order valence-electron chi connectivity index (χ0n) is 19.7. The first-order chi connectivity index (χ1) is 16.8. The Labute approximate surface area is 218 Å². The molecule has 35 heavy (non-hydrogen) atoms. The number of benzene rings is 2. The van der Waals surface area contributed by atoms with Crippen LogP contribution >= 0.6 is 28.1 Å². The minimum atomic E-state index is -0.525. The summed E-state index contributed by atoms with van der Waals surface area (Å²) in [6, 6.07) is 11.1. The largest absolute Gasteiger partial charge is 0.490 e. The van der Waals surface area contributed by atoms with Crippen LogP contribution in [0.3, 0.4) is 0 Å². The standard InChI is InChI=1S/C26H25BrN2O5S/c1-5-12-34-24-20(27)13-18(15-22(24)33-7-3)14-21-25(31)29(19-10-8-17(6-2)9-11-19)26(35)28(21)16-23(30)32-4/h1,8-11,13-15H,6-7,12,16H2,2-4H3/b21-14-. The van der Waals surface area contributed by atoms with Gasteiger partial charge in [-0.05, 0) is 83.0 Å². The van der Waals surface area contributed by atoms with Crippen molar-refractivity contribution in [1.29, 1.82) is 0 Å². The first kappa shape index (κ1) is 26.3. The summed E-state index contributed by atoms with van der Waals surface area (Å²) in [6.45, 7) is 4.17. The van der Waals surface area contributed by atoms with E-state index in [4.69, 9.17) is 32.9 Å². The van der Waals surface area contributed by atoms with Crippen molar-refractivity contribution in [2.75, 3.05) is 31.8 Å². The molecule has 182 valence electrons. The maximum Gasteiger partial charge on any atom is 0.325 e. The van der Waals surface area contributed by atoms with E-state index in [-0.39, 0.29) is 29.9 Å². The van der Waals surface area contributed by atoms with Gasteiger partial charge in [-0.15, -0.1) is 6.42 Å². The SMILES string of the molecule is C#CCOc1c(Br)cc(/C=C2/C(=O)N(c3ccc(CC)cc3)C(=S)N2CC(=O)OC)cc1OCC. The molecule has 1 amide bonds. The Bertz CT molecular complexity index is 1200. The predicted molar refractivity (Wildman–Crippen MR) is 142 cm³/mol. The van der Waals surface area contributed by atoms with Gasteiger partial charge in [-0.2, -0.15) is 0 Å². The Hall–Kier alpha value is -3.35. The molecule has 2 aromatic rings. The lowest BCUT2D eigenvalue weighted by Crippen LogP contribution is -2.35. The van der Waals surface area contributed by atoms with E-state index in [1.165, 1.54) is 16.9 Å². The maximum absolute atomic E-state index is 13.5. The zero-order chi connectivity index (χ0) is 25.5. The van der Waals surface area contributed by atoms with Crippen LogP contribution in [-0.2, 0) is 20.7 Å². The summed E-state index contributed by atoms with van der Waals surface area (Å²) in [4.78, 5) is 28.6.